The molecule has 0 radical (unpaired) electrons. The molecule has 0 bridgehead atoms. The molecule has 34 heavy (non-hydrogen) atoms. The quantitative estimate of drug-likeness (QED) is 0.290. The monoisotopic (exact) mass is 461 g/mol. The molecule has 0 unspecified atom stereocenters. The molecule has 2 aromatic carbocycles. The van der Waals surface area contributed by atoms with Crippen LogP contribution in [0.1, 0.15) is 34.1 Å². The molecule has 0 saturated heterocycles. The molecule has 0 fully saturated rings. The Labute approximate surface area is 203 Å². The van der Waals surface area contributed by atoms with Gasteiger partial charge in [-0.25, -0.2) is 4.79 Å². The van der Waals surface area contributed by atoms with E-state index in [1.165, 1.54) is 5.57 Å². The van der Waals surface area contributed by atoms with E-state index in [1.807, 2.05) is 88.5 Å². The highest BCUT2D eigenvalue weighted by atomic mass is 16.1. The zero-order valence-corrected chi connectivity index (χ0v) is 21.5. The minimum Gasteiger partial charge on any atom is -0.382 e. The molecule has 182 valence electrons. The Morgan fingerprint density at radius 3 is 2.00 bits per heavy atom. The van der Waals surface area contributed by atoms with E-state index in [2.05, 4.69) is 25.2 Å². The van der Waals surface area contributed by atoms with E-state index in [1.54, 1.807) is 26.9 Å². The number of fused-ring (bicyclic) bond motifs is 2. The number of aryl methyl sites for hydroxylation is 3. The standard InChI is InChI=1S/C10H12N2O.C8H9N3.C5H10.C5H8/c1-3-12-9-7-5-4-6-8(9)11(2)10(12)13;1-11-7-5-3-2-4-6(7)8(9)10-11;1-4-5(2)3;1-3-5-4-2/h4-7H,3H2,1-2H3;2-5H,1H3,(H2,9,10);2,4H2,1,3H3;3-5H,1H2,2H3/b;;;5-4-. The summed E-state index contributed by atoms with van der Waals surface area (Å²) in [6.45, 7) is 15.9. The Balaban J connectivity index is 0.000000249. The first-order chi connectivity index (χ1) is 16.2. The van der Waals surface area contributed by atoms with E-state index in [0.29, 0.717) is 5.82 Å². The zero-order valence-electron chi connectivity index (χ0n) is 21.5. The molecule has 6 heteroatoms. The molecular formula is C28H39N5O. The summed E-state index contributed by atoms with van der Waals surface area (Å²) >= 11 is 0. The zero-order chi connectivity index (χ0) is 25.7. The molecule has 0 amide bonds. The fourth-order valence-electron chi connectivity index (χ4n) is 3.05. The fourth-order valence-corrected chi connectivity index (χ4v) is 3.05. The van der Waals surface area contributed by atoms with Gasteiger partial charge in [0.25, 0.3) is 0 Å². The first kappa shape index (κ1) is 28.2. The summed E-state index contributed by atoms with van der Waals surface area (Å²) in [4.78, 5) is 11.6. The average Bonchev–Trinajstić information content (AvgIpc) is 3.27. The Hall–Kier alpha value is -3.80. The van der Waals surface area contributed by atoms with Crippen molar-refractivity contribution in [1.82, 2.24) is 18.9 Å². The Morgan fingerprint density at radius 1 is 1.03 bits per heavy atom. The van der Waals surface area contributed by atoms with Gasteiger partial charge in [-0.05, 0) is 51.5 Å². The molecule has 0 aliphatic rings. The Morgan fingerprint density at radius 2 is 1.56 bits per heavy atom. The number of nitrogen functional groups attached to an aromatic ring is 1. The Kier molecular flexibility index (Phi) is 11.9. The van der Waals surface area contributed by atoms with Crippen LogP contribution >= 0.6 is 0 Å². The molecule has 0 atom stereocenters. The number of benzene rings is 2. The molecule has 4 rings (SSSR count). The molecule has 2 N–H and O–H groups in total. The summed E-state index contributed by atoms with van der Waals surface area (Å²) in [6.07, 6.45) is 6.69. The predicted molar refractivity (Wildman–Crippen MR) is 148 cm³/mol. The van der Waals surface area contributed by atoms with E-state index in [9.17, 15) is 4.79 Å². The maximum absolute atomic E-state index is 11.6. The van der Waals surface area contributed by atoms with Crippen LogP contribution in [0.5, 0.6) is 0 Å². The highest BCUT2D eigenvalue weighted by Gasteiger charge is 2.06. The minimum absolute atomic E-state index is 0.0590. The lowest BCUT2D eigenvalue weighted by Gasteiger charge is -1.95. The van der Waals surface area contributed by atoms with Crippen LogP contribution in [0.15, 0.2) is 90.3 Å². The predicted octanol–water partition coefficient (Wildman–Crippen LogP) is 6.24. The van der Waals surface area contributed by atoms with Crippen molar-refractivity contribution in [1.29, 1.82) is 0 Å². The summed E-state index contributed by atoms with van der Waals surface area (Å²) in [6, 6.07) is 15.7. The maximum atomic E-state index is 11.6. The first-order valence-electron chi connectivity index (χ1n) is 11.4. The van der Waals surface area contributed by atoms with Gasteiger partial charge in [0.15, 0.2) is 5.82 Å². The van der Waals surface area contributed by atoms with Crippen LogP contribution in [0, 0.1) is 0 Å². The van der Waals surface area contributed by atoms with Crippen molar-refractivity contribution in [2.45, 2.75) is 40.7 Å². The van der Waals surface area contributed by atoms with Crippen LogP contribution in [0.3, 0.4) is 0 Å². The van der Waals surface area contributed by atoms with E-state index < -0.39 is 0 Å². The van der Waals surface area contributed by atoms with Crippen LogP contribution < -0.4 is 11.4 Å². The number of aromatic nitrogens is 4. The fraction of sp³-hybridized carbons (Fsp3) is 0.286. The minimum atomic E-state index is 0.0590. The molecule has 0 spiro atoms. The van der Waals surface area contributed by atoms with Gasteiger partial charge in [-0.1, -0.05) is 61.6 Å². The molecular weight excluding hydrogens is 422 g/mol. The van der Waals surface area contributed by atoms with Crippen molar-refractivity contribution in [3.8, 4) is 0 Å². The van der Waals surface area contributed by atoms with E-state index in [0.717, 1.165) is 34.9 Å². The van der Waals surface area contributed by atoms with Gasteiger partial charge in [-0.15, -0.1) is 6.58 Å². The summed E-state index contributed by atoms with van der Waals surface area (Å²) in [7, 11) is 3.69. The van der Waals surface area contributed by atoms with Gasteiger partial charge < -0.3 is 5.73 Å². The normalized spacial score (nSPS) is 10.1. The van der Waals surface area contributed by atoms with Crippen LogP contribution in [-0.4, -0.2) is 18.9 Å². The first-order valence-corrected chi connectivity index (χ1v) is 11.4. The lowest BCUT2D eigenvalue weighted by atomic mass is 10.2. The van der Waals surface area contributed by atoms with Gasteiger partial charge in [0.05, 0.1) is 16.6 Å². The second-order valence-corrected chi connectivity index (χ2v) is 7.67. The largest absolute Gasteiger partial charge is 0.382 e. The third-order valence-electron chi connectivity index (χ3n) is 5.09. The number of para-hydroxylation sites is 3. The van der Waals surface area contributed by atoms with Crippen molar-refractivity contribution in [2.75, 3.05) is 5.73 Å². The number of hydrogen-bond donors (Lipinski definition) is 1. The highest BCUT2D eigenvalue weighted by molar-refractivity contribution is 5.88. The lowest BCUT2D eigenvalue weighted by Crippen LogP contribution is -2.21. The van der Waals surface area contributed by atoms with Crippen LogP contribution in [0.25, 0.3) is 21.9 Å². The third kappa shape index (κ3) is 7.66. The van der Waals surface area contributed by atoms with E-state index >= 15 is 0 Å². The molecule has 0 aliphatic heterocycles. The second-order valence-electron chi connectivity index (χ2n) is 7.67. The third-order valence-corrected chi connectivity index (χ3v) is 5.09. The van der Waals surface area contributed by atoms with Gasteiger partial charge in [0.1, 0.15) is 0 Å². The number of rotatable bonds is 3. The van der Waals surface area contributed by atoms with Crippen molar-refractivity contribution < 1.29 is 0 Å². The maximum Gasteiger partial charge on any atom is 0.328 e. The molecule has 2 aromatic heterocycles. The average molecular weight is 462 g/mol. The molecule has 0 saturated carbocycles. The topological polar surface area (TPSA) is 70.8 Å². The molecule has 0 aliphatic carbocycles. The van der Waals surface area contributed by atoms with E-state index in [-0.39, 0.29) is 5.69 Å². The van der Waals surface area contributed by atoms with Crippen LogP contribution in [-0.2, 0) is 20.6 Å². The summed E-state index contributed by atoms with van der Waals surface area (Å²) in [5, 5.41) is 5.11. The van der Waals surface area contributed by atoms with Gasteiger partial charge >= 0.3 is 5.69 Å². The second kappa shape index (κ2) is 14.4. The lowest BCUT2D eigenvalue weighted by molar-refractivity contribution is 0.712. The van der Waals surface area contributed by atoms with Gasteiger partial charge in [0, 0.05) is 26.0 Å². The van der Waals surface area contributed by atoms with Gasteiger partial charge in [0.2, 0.25) is 0 Å². The smallest absolute Gasteiger partial charge is 0.328 e. The van der Waals surface area contributed by atoms with Gasteiger partial charge in [-0.2, -0.15) is 5.10 Å². The van der Waals surface area contributed by atoms with Crippen molar-refractivity contribution >= 4 is 27.8 Å². The van der Waals surface area contributed by atoms with Crippen LogP contribution in [0.4, 0.5) is 5.82 Å². The number of nitrogens with two attached hydrogens (primary N) is 1. The molecule has 6 nitrogen and oxygen atoms in total. The van der Waals surface area contributed by atoms with E-state index in [4.69, 9.17) is 5.73 Å². The highest BCUT2D eigenvalue weighted by Crippen LogP contribution is 2.18. The number of nitrogens with zero attached hydrogens (tertiary/aromatic N) is 4. The Bertz CT molecular complexity index is 1250. The number of anilines is 1. The van der Waals surface area contributed by atoms with Crippen molar-refractivity contribution in [3.05, 3.63) is 96.0 Å². The van der Waals surface area contributed by atoms with Crippen LogP contribution in [0.2, 0.25) is 0 Å². The summed E-state index contributed by atoms with van der Waals surface area (Å²) in [5.41, 5.74) is 10.0. The number of allylic oxidation sites excluding steroid dienone is 4. The summed E-state index contributed by atoms with van der Waals surface area (Å²) in [5.74, 6) is 0.600. The SMILES string of the molecule is C=C(C)CC.C=C/C=C\C.CCn1c(=O)n(C)c2ccccc21.Cn1nc(N)c2ccccc21. The van der Waals surface area contributed by atoms with Crippen molar-refractivity contribution in [2.24, 2.45) is 14.1 Å². The molecule has 4 aromatic rings. The van der Waals surface area contributed by atoms with Gasteiger partial charge in [-0.3, -0.25) is 13.8 Å². The number of imidazole rings is 1. The van der Waals surface area contributed by atoms with Crippen molar-refractivity contribution in [3.63, 3.8) is 0 Å². The molecule has 2 heterocycles. The summed E-state index contributed by atoms with van der Waals surface area (Å²) < 4.78 is 5.23. The number of hydrogen-bond acceptors (Lipinski definition) is 3.